The summed E-state index contributed by atoms with van der Waals surface area (Å²) in [5, 5.41) is 1.99. The monoisotopic (exact) mass is 420 g/mol. The smallest absolute Gasteiger partial charge is 0.395 e. The average molecular weight is 421 g/mol. The summed E-state index contributed by atoms with van der Waals surface area (Å²) >= 11 is 0. The van der Waals surface area contributed by atoms with E-state index in [1.165, 1.54) is 0 Å². The minimum Gasteiger partial charge on any atom is -0.395 e. The standard InChI is InChI=1S/C19H28O5Si3/c1-7-27(22-4,23-25(5,20-2)18-14-10-8-11-15-18)24-26(6,21-3)19-16-12-9-13-17-19/h7-17H,1H2,2-6H3. The Bertz CT molecular complexity index is 675. The van der Waals surface area contributed by atoms with Gasteiger partial charge in [0, 0.05) is 21.3 Å². The van der Waals surface area contributed by atoms with Crippen molar-refractivity contribution in [3.63, 3.8) is 0 Å². The first-order valence-corrected chi connectivity index (χ1v) is 15.1. The molecule has 27 heavy (non-hydrogen) atoms. The normalized spacial score (nSPS) is 18.1. The van der Waals surface area contributed by atoms with Gasteiger partial charge in [-0.25, -0.2) is 0 Å². The maximum Gasteiger partial charge on any atom is 0.511 e. The van der Waals surface area contributed by atoms with Crippen molar-refractivity contribution in [3.05, 3.63) is 72.9 Å². The quantitative estimate of drug-likeness (QED) is 0.553. The van der Waals surface area contributed by atoms with Crippen LogP contribution >= 0.6 is 0 Å². The molecule has 8 heteroatoms. The second kappa shape index (κ2) is 9.22. The summed E-state index contributed by atoms with van der Waals surface area (Å²) in [5.41, 5.74) is 1.65. The highest BCUT2D eigenvalue weighted by atomic mass is 28.5. The van der Waals surface area contributed by atoms with Gasteiger partial charge in [-0.3, -0.25) is 0 Å². The predicted octanol–water partition coefficient (Wildman–Crippen LogP) is 2.58. The molecule has 2 unspecified atom stereocenters. The number of hydrogen-bond donors (Lipinski definition) is 0. The van der Waals surface area contributed by atoms with Gasteiger partial charge in [-0.2, -0.15) is 0 Å². The van der Waals surface area contributed by atoms with Crippen LogP contribution in [0.25, 0.3) is 0 Å². The van der Waals surface area contributed by atoms with Crippen molar-refractivity contribution >= 4 is 36.3 Å². The van der Waals surface area contributed by atoms with E-state index in [0.717, 1.165) is 10.4 Å². The molecule has 2 atom stereocenters. The van der Waals surface area contributed by atoms with E-state index in [9.17, 15) is 0 Å². The summed E-state index contributed by atoms with van der Waals surface area (Å²) in [4.78, 5) is 0. The Hall–Kier alpha value is -1.37. The van der Waals surface area contributed by atoms with E-state index in [-0.39, 0.29) is 0 Å². The molecule has 0 N–H and O–H groups in total. The second-order valence-electron chi connectivity index (χ2n) is 6.25. The van der Waals surface area contributed by atoms with Gasteiger partial charge in [0.25, 0.3) is 0 Å². The Labute approximate surface area is 165 Å². The van der Waals surface area contributed by atoms with Crippen LogP contribution in [0.4, 0.5) is 0 Å². The molecule has 0 saturated heterocycles. The summed E-state index contributed by atoms with van der Waals surface area (Å²) < 4.78 is 30.6. The molecule has 0 aromatic heterocycles. The minimum absolute atomic E-state index is 0.993. The maximum absolute atomic E-state index is 6.53. The Balaban J connectivity index is 2.40. The lowest BCUT2D eigenvalue weighted by Crippen LogP contribution is -2.65. The van der Waals surface area contributed by atoms with E-state index in [1.807, 2.05) is 73.8 Å². The second-order valence-corrected chi connectivity index (χ2v) is 15.7. The lowest BCUT2D eigenvalue weighted by Gasteiger charge is -2.39. The van der Waals surface area contributed by atoms with Gasteiger partial charge < -0.3 is 21.5 Å². The van der Waals surface area contributed by atoms with Crippen LogP contribution in [0.5, 0.6) is 0 Å². The van der Waals surface area contributed by atoms with Crippen molar-refractivity contribution in [2.24, 2.45) is 0 Å². The van der Waals surface area contributed by atoms with E-state index >= 15 is 0 Å². The van der Waals surface area contributed by atoms with Gasteiger partial charge in [-0.05, 0) is 29.2 Å². The molecule has 0 radical (unpaired) electrons. The summed E-state index contributed by atoms with van der Waals surface area (Å²) in [5.74, 6) is 0. The van der Waals surface area contributed by atoms with E-state index in [1.54, 1.807) is 27.0 Å². The topological polar surface area (TPSA) is 46.2 Å². The Morgan fingerprint density at radius 3 is 1.30 bits per heavy atom. The molecule has 2 aromatic rings. The zero-order valence-corrected chi connectivity index (χ0v) is 19.6. The van der Waals surface area contributed by atoms with Crippen molar-refractivity contribution in [2.45, 2.75) is 13.1 Å². The molecule has 146 valence electrons. The van der Waals surface area contributed by atoms with E-state index in [2.05, 4.69) is 6.58 Å². The Morgan fingerprint density at radius 2 is 1.04 bits per heavy atom. The van der Waals surface area contributed by atoms with Gasteiger partial charge in [0.15, 0.2) is 0 Å². The molecule has 0 aliphatic carbocycles. The van der Waals surface area contributed by atoms with Crippen molar-refractivity contribution in [3.8, 4) is 0 Å². The van der Waals surface area contributed by atoms with E-state index in [4.69, 9.17) is 21.5 Å². The zero-order valence-electron chi connectivity index (χ0n) is 16.6. The number of rotatable bonds is 10. The predicted molar refractivity (Wildman–Crippen MR) is 115 cm³/mol. The van der Waals surface area contributed by atoms with Crippen LogP contribution in [0.3, 0.4) is 0 Å². The first-order valence-electron chi connectivity index (χ1n) is 8.67. The third-order valence-corrected chi connectivity index (χ3v) is 15.4. The van der Waals surface area contributed by atoms with Crippen LogP contribution in [-0.4, -0.2) is 47.3 Å². The highest BCUT2D eigenvalue weighted by Crippen LogP contribution is 2.23. The van der Waals surface area contributed by atoms with Crippen molar-refractivity contribution in [1.29, 1.82) is 0 Å². The third-order valence-electron chi connectivity index (χ3n) is 4.58. The summed E-state index contributed by atoms with van der Waals surface area (Å²) in [7, 11) is -3.96. The summed E-state index contributed by atoms with van der Waals surface area (Å²) in [6.45, 7) is 7.90. The summed E-state index contributed by atoms with van der Waals surface area (Å²) in [6.07, 6.45) is 0. The molecule has 0 aliphatic rings. The largest absolute Gasteiger partial charge is 0.511 e. The highest BCUT2D eigenvalue weighted by Gasteiger charge is 2.52. The number of hydrogen-bond acceptors (Lipinski definition) is 5. The molecule has 2 rings (SSSR count). The molecule has 0 amide bonds. The van der Waals surface area contributed by atoms with Crippen LogP contribution in [-0.2, 0) is 21.5 Å². The van der Waals surface area contributed by atoms with Gasteiger partial charge >= 0.3 is 25.9 Å². The van der Waals surface area contributed by atoms with Gasteiger partial charge in [-0.15, -0.1) is 0 Å². The van der Waals surface area contributed by atoms with Crippen LogP contribution in [0.15, 0.2) is 72.9 Å². The van der Waals surface area contributed by atoms with Crippen LogP contribution in [0.2, 0.25) is 13.1 Å². The van der Waals surface area contributed by atoms with Crippen molar-refractivity contribution in [1.82, 2.24) is 0 Å². The SMILES string of the molecule is C=C[Si](OC)(O[Si](C)(OC)c1ccccc1)O[Si](C)(OC)c1ccccc1. The molecular formula is C19H28O5Si3. The fourth-order valence-electron chi connectivity index (χ4n) is 2.73. The maximum atomic E-state index is 6.53. The van der Waals surface area contributed by atoms with E-state index < -0.39 is 25.9 Å². The Morgan fingerprint density at radius 1 is 0.667 bits per heavy atom. The molecule has 5 nitrogen and oxygen atoms in total. The molecule has 0 aliphatic heterocycles. The van der Waals surface area contributed by atoms with Crippen molar-refractivity contribution in [2.75, 3.05) is 21.3 Å². The van der Waals surface area contributed by atoms with Crippen LogP contribution in [0, 0.1) is 0 Å². The van der Waals surface area contributed by atoms with Gasteiger partial charge in [-0.1, -0.05) is 67.2 Å². The van der Waals surface area contributed by atoms with Crippen molar-refractivity contribution < 1.29 is 21.5 Å². The number of benzene rings is 2. The first kappa shape index (κ1) is 21.9. The van der Waals surface area contributed by atoms with E-state index in [0.29, 0.717) is 0 Å². The lowest BCUT2D eigenvalue weighted by atomic mass is 10.4. The summed E-state index contributed by atoms with van der Waals surface area (Å²) in [6, 6.07) is 19.8. The van der Waals surface area contributed by atoms with Crippen LogP contribution in [0.1, 0.15) is 0 Å². The Kier molecular flexibility index (Phi) is 7.48. The first-order chi connectivity index (χ1) is 12.9. The fourth-order valence-corrected chi connectivity index (χ4v) is 12.8. The van der Waals surface area contributed by atoms with Gasteiger partial charge in [0.05, 0.1) is 0 Å². The highest BCUT2D eigenvalue weighted by molar-refractivity contribution is 6.93. The fraction of sp³-hybridized carbons (Fsp3) is 0.263. The molecule has 0 fully saturated rings. The molecule has 0 saturated carbocycles. The lowest BCUT2D eigenvalue weighted by molar-refractivity contribution is 0.168. The molecule has 0 bridgehead atoms. The molecule has 0 spiro atoms. The average Bonchev–Trinajstić information content (AvgIpc) is 2.74. The zero-order chi connectivity index (χ0) is 20.0. The minimum atomic E-state index is -3.28. The molecular weight excluding hydrogens is 392 g/mol. The van der Waals surface area contributed by atoms with Crippen LogP contribution < -0.4 is 10.4 Å². The third kappa shape index (κ3) is 4.92. The van der Waals surface area contributed by atoms with Gasteiger partial charge in [0.2, 0.25) is 0 Å². The molecule has 0 heterocycles. The molecule has 2 aromatic carbocycles. The van der Waals surface area contributed by atoms with Gasteiger partial charge in [0.1, 0.15) is 0 Å².